The Morgan fingerprint density at radius 2 is 1.95 bits per heavy atom. The summed E-state index contributed by atoms with van der Waals surface area (Å²) < 4.78 is 35.9. The molecular formula is C15H13F2NO4. The molecule has 0 heterocycles. The number of hydrogen-bond donors (Lipinski definition) is 2. The van der Waals surface area contributed by atoms with Crippen LogP contribution in [0.1, 0.15) is 0 Å². The second kappa shape index (κ2) is 6.75. The van der Waals surface area contributed by atoms with Crippen LogP contribution in [0.3, 0.4) is 0 Å². The standard InChI is InChI=1S/C15H13F2NO4/c1-21-14-7-10(3-4-12(14)19)18-15(20)8-22-13-5-2-9(16)6-11(13)17/h2-7,19H,8H2,1H3,(H,18,20). The summed E-state index contributed by atoms with van der Waals surface area (Å²) >= 11 is 0. The van der Waals surface area contributed by atoms with E-state index < -0.39 is 24.1 Å². The fourth-order valence-corrected chi connectivity index (χ4v) is 1.69. The topological polar surface area (TPSA) is 67.8 Å². The van der Waals surface area contributed by atoms with Crippen LogP contribution in [0.4, 0.5) is 14.5 Å². The van der Waals surface area contributed by atoms with Gasteiger partial charge in [-0.3, -0.25) is 4.79 Å². The van der Waals surface area contributed by atoms with Gasteiger partial charge in [-0.25, -0.2) is 8.78 Å². The molecule has 22 heavy (non-hydrogen) atoms. The summed E-state index contributed by atoms with van der Waals surface area (Å²) in [6.07, 6.45) is 0. The first-order valence-corrected chi connectivity index (χ1v) is 6.24. The number of amides is 1. The Hall–Kier alpha value is -2.83. The third kappa shape index (κ3) is 3.85. The van der Waals surface area contributed by atoms with Crippen molar-refractivity contribution in [2.45, 2.75) is 0 Å². The Labute approximate surface area is 125 Å². The lowest BCUT2D eigenvalue weighted by molar-refractivity contribution is -0.118. The molecule has 0 saturated heterocycles. The lowest BCUT2D eigenvalue weighted by Crippen LogP contribution is -2.20. The smallest absolute Gasteiger partial charge is 0.262 e. The molecule has 0 atom stereocenters. The van der Waals surface area contributed by atoms with E-state index in [1.54, 1.807) is 0 Å². The Morgan fingerprint density at radius 1 is 1.18 bits per heavy atom. The molecule has 0 unspecified atom stereocenters. The number of benzene rings is 2. The number of phenols is 1. The SMILES string of the molecule is COc1cc(NC(=O)COc2ccc(F)cc2F)ccc1O. The van der Waals surface area contributed by atoms with Gasteiger partial charge in [0.15, 0.2) is 29.7 Å². The summed E-state index contributed by atoms with van der Waals surface area (Å²) in [4.78, 5) is 11.7. The van der Waals surface area contributed by atoms with E-state index in [4.69, 9.17) is 9.47 Å². The van der Waals surface area contributed by atoms with E-state index in [0.717, 1.165) is 12.1 Å². The number of anilines is 1. The van der Waals surface area contributed by atoms with Crippen molar-refractivity contribution in [1.29, 1.82) is 0 Å². The molecule has 116 valence electrons. The minimum absolute atomic E-state index is 0.0647. The van der Waals surface area contributed by atoms with E-state index in [1.807, 2.05) is 0 Å². The van der Waals surface area contributed by atoms with E-state index in [9.17, 15) is 18.7 Å². The normalized spacial score (nSPS) is 10.1. The lowest BCUT2D eigenvalue weighted by atomic mass is 10.2. The monoisotopic (exact) mass is 309 g/mol. The van der Waals surface area contributed by atoms with Gasteiger partial charge in [0.25, 0.3) is 5.91 Å². The summed E-state index contributed by atoms with van der Waals surface area (Å²) in [6.45, 7) is -0.453. The maximum atomic E-state index is 13.3. The van der Waals surface area contributed by atoms with Crippen molar-refractivity contribution in [3.8, 4) is 17.2 Å². The van der Waals surface area contributed by atoms with E-state index in [2.05, 4.69) is 5.32 Å². The average molecular weight is 309 g/mol. The van der Waals surface area contributed by atoms with Gasteiger partial charge < -0.3 is 19.9 Å². The molecule has 2 N–H and O–H groups in total. The first kappa shape index (κ1) is 15.6. The zero-order chi connectivity index (χ0) is 16.1. The molecule has 0 bridgehead atoms. The first-order chi connectivity index (χ1) is 10.5. The molecule has 0 aliphatic carbocycles. The Balaban J connectivity index is 1.95. The fourth-order valence-electron chi connectivity index (χ4n) is 1.69. The first-order valence-electron chi connectivity index (χ1n) is 6.24. The molecule has 2 aromatic carbocycles. The van der Waals surface area contributed by atoms with Crippen LogP contribution < -0.4 is 14.8 Å². The minimum atomic E-state index is -0.890. The Kier molecular flexibility index (Phi) is 4.77. The Bertz CT molecular complexity index is 691. The molecule has 2 aromatic rings. The molecule has 0 aliphatic heterocycles. The van der Waals surface area contributed by atoms with Crippen LogP contribution in [0.5, 0.6) is 17.2 Å². The van der Waals surface area contributed by atoms with Gasteiger partial charge in [0.2, 0.25) is 0 Å². The van der Waals surface area contributed by atoms with Crippen molar-refractivity contribution in [2.24, 2.45) is 0 Å². The number of ether oxygens (including phenoxy) is 2. The van der Waals surface area contributed by atoms with Crippen LogP contribution >= 0.6 is 0 Å². The van der Waals surface area contributed by atoms with Crippen LogP contribution in [0.15, 0.2) is 36.4 Å². The number of halogens is 2. The molecule has 0 saturated carbocycles. The fraction of sp³-hybridized carbons (Fsp3) is 0.133. The zero-order valence-electron chi connectivity index (χ0n) is 11.6. The van der Waals surface area contributed by atoms with Crippen LogP contribution in [0, 0.1) is 11.6 Å². The molecule has 2 rings (SSSR count). The van der Waals surface area contributed by atoms with Gasteiger partial charge in [-0.2, -0.15) is 0 Å². The highest BCUT2D eigenvalue weighted by Crippen LogP contribution is 2.28. The van der Waals surface area contributed by atoms with Gasteiger partial charge >= 0.3 is 0 Å². The highest BCUT2D eigenvalue weighted by Gasteiger charge is 2.09. The largest absolute Gasteiger partial charge is 0.504 e. The summed E-state index contributed by atoms with van der Waals surface area (Å²) in [5, 5.41) is 11.9. The highest BCUT2D eigenvalue weighted by atomic mass is 19.1. The number of carbonyl (C=O) groups is 1. The second-order valence-corrected chi connectivity index (χ2v) is 4.30. The third-order valence-corrected chi connectivity index (χ3v) is 2.72. The third-order valence-electron chi connectivity index (χ3n) is 2.72. The van der Waals surface area contributed by atoms with E-state index >= 15 is 0 Å². The van der Waals surface area contributed by atoms with E-state index in [0.29, 0.717) is 11.8 Å². The summed E-state index contributed by atoms with van der Waals surface area (Å²) in [7, 11) is 1.38. The number of aromatic hydroxyl groups is 1. The van der Waals surface area contributed by atoms with Crippen molar-refractivity contribution in [2.75, 3.05) is 19.0 Å². The van der Waals surface area contributed by atoms with Gasteiger partial charge in [-0.05, 0) is 24.3 Å². The van der Waals surface area contributed by atoms with Crippen molar-refractivity contribution < 1.29 is 28.2 Å². The van der Waals surface area contributed by atoms with Gasteiger partial charge in [0, 0.05) is 17.8 Å². The molecule has 0 fully saturated rings. The average Bonchev–Trinajstić information content (AvgIpc) is 2.48. The predicted molar refractivity (Wildman–Crippen MR) is 75.1 cm³/mol. The van der Waals surface area contributed by atoms with Crippen molar-refractivity contribution >= 4 is 11.6 Å². The van der Waals surface area contributed by atoms with Gasteiger partial charge in [-0.1, -0.05) is 0 Å². The summed E-state index contributed by atoms with van der Waals surface area (Å²) in [5.41, 5.74) is 0.378. The maximum Gasteiger partial charge on any atom is 0.262 e. The molecule has 0 radical (unpaired) electrons. The molecule has 0 spiro atoms. The van der Waals surface area contributed by atoms with E-state index in [-0.39, 0.29) is 17.2 Å². The van der Waals surface area contributed by atoms with Gasteiger partial charge in [0.05, 0.1) is 7.11 Å². The molecule has 0 aliphatic rings. The molecule has 7 heteroatoms. The zero-order valence-corrected chi connectivity index (χ0v) is 11.6. The van der Waals surface area contributed by atoms with Crippen molar-refractivity contribution in [3.05, 3.63) is 48.0 Å². The van der Waals surface area contributed by atoms with Crippen LogP contribution in [-0.2, 0) is 4.79 Å². The van der Waals surface area contributed by atoms with Crippen LogP contribution in [0.25, 0.3) is 0 Å². The van der Waals surface area contributed by atoms with Crippen LogP contribution in [0.2, 0.25) is 0 Å². The second-order valence-electron chi connectivity index (χ2n) is 4.30. The molecular weight excluding hydrogens is 296 g/mol. The molecule has 1 amide bonds. The molecule has 0 aromatic heterocycles. The Morgan fingerprint density at radius 3 is 2.64 bits per heavy atom. The quantitative estimate of drug-likeness (QED) is 0.833. The summed E-state index contributed by atoms with van der Waals surface area (Å²) in [6, 6.07) is 7.04. The molecule has 5 nitrogen and oxygen atoms in total. The highest BCUT2D eigenvalue weighted by molar-refractivity contribution is 5.92. The van der Waals surface area contributed by atoms with E-state index in [1.165, 1.54) is 25.3 Å². The van der Waals surface area contributed by atoms with Gasteiger partial charge in [-0.15, -0.1) is 0 Å². The van der Waals surface area contributed by atoms with Gasteiger partial charge in [0.1, 0.15) is 5.82 Å². The van der Waals surface area contributed by atoms with Crippen LogP contribution in [-0.4, -0.2) is 24.7 Å². The van der Waals surface area contributed by atoms with Crippen molar-refractivity contribution in [3.63, 3.8) is 0 Å². The maximum absolute atomic E-state index is 13.3. The number of methoxy groups -OCH3 is 1. The predicted octanol–water partition coefficient (Wildman–Crippen LogP) is 2.70. The number of rotatable bonds is 5. The lowest BCUT2D eigenvalue weighted by Gasteiger charge is -2.10. The number of carbonyl (C=O) groups excluding carboxylic acids is 1. The van der Waals surface area contributed by atoms with Crippen molar-refractivity contribution in [1.82, 2.24) is 0 Å². The number of hydrogen-bond acceptors (Lipinski definition) is 4. The number of nitrogens with one attached hydrogen (secondary N) is 1. The summed E-state index contributed by atoms with van der Waals surface area (Å²) in [5.74, 6) is -2.26. The number of phenolic OH excluding ortho intramolecular Hbond substituents is 1. The minimum Gasteiger partial charge on any atom is -0.504 e.